The molecule has 0 aliphatic rings. The Morgan fingerprint density at radius 3 is 2.39 bits per heavy atom. The number of aryl methyl sites for hydroxylation is 1. The number of anilines is 2. The van der Waals surface area contributed by atoms with Crippen LogP contribution in [0.3, 0.4) is 0 Å². The highest BCUT2D eigenvalue weighted by molar-refractivity contribution is 6.35. The molecule has 8 nitrogen and oxygen atoms in total. The molecule has 4 N–H and O–H groups in total. The lowest BCUT2D eigenvalue weighted by atomic mass is 10.1. The van der Waals surface area contributed by atoms with Crippen molar-refractivity contribution in [2.45, 2.75) is 13.3 Å². The molecule has 0 aliphatic heterocycles. The molecule has 0 aliphatic carbocycles. The van der Waals surface area contributed by atoms with Gasteiger partial charge in [0.15, 0.2) is 0 Å². The van der Waals surface area contributed by atoms with Gasteiger partial charge in [0.25, 0.3) is 11.5 Å². The summed E-state index contributed by atoms with van der Waals surface area (Å²) in [4.78, 5) is 33.0. The van der Waals surface area contributed by atoms with Gasteiger partial charge in [0.05, 0.1) is 10.4 Å². The zero-order valence-electron chi connectivity index (χ0n) is 18.6. The number of hydrogen-bond acceptors (Lipinski definition) is 6. The maximum Gasteiger partial charge on any atom is 0.264 e. The van der Waals surface area contributed by atoms with Gasteiger partial charge >= 0.3 is 0 Å². The maximum atomic E-state index is 12.8. The lowest BCUT2D eigenvalue weighted by Crippen LogP contribution is -2.23. The van der Waals surface area contributed by atoms with Gasteiger partial charge in [0.2, 0.25) is 5.95 Å². The van der Waals surface area contributed by atoms with Gasteiger partial charge in [0, 0.05) is 31.7 Å². The highest BCUT2D eigenvalue weighted by atomic mass is 35.5. The van der Waals surface area contributed by atoms with Crippen LogP contribution in [-0.2, 0) is 6.42 Å². The van der Waals surface area contributed by atoms with Gasteiger partial charge in [-0.05, 0) is 36.1 Å². The molecule has 0 radical (unpaired) electrons. The molecule has 1 amide bonds. The quantitative estimate of drug-likeness (QED) is 0.478. The number of hydrogen-bond donors (Lipinski definition) is 2. The molecule has 2 heterocycles. The van der Waals surface area contributed by atoms with Gasteiger partial charge in [-0.2, -0.15) is 4.98 Å². The molecule has 0 atom stereocenters. The van der Waals surface area contributed by atoms with Gasteiger partial charge in [0.1, 0.15) is 11.4 Å². The van der Waals surface area contributed by atoms with E-state index in [0.717, 1.165) is 23.2 Å². The van der Waals surface area contributed by atoms with E-state index in [2.05, 4.69) is 9.97 Å². The fourth-order valence-electron chi connectivity index (χ4n) is 3.31. The van der Waals surface area contributed by atoms with E-state index in [1.807, 2.05) is 55.5 Å². The highest BCUT2D eigenvalue weighted by Gasteiger charge is 2.13. The monoisotopic (exact) mass is 464 g/mol. The second-order valence-corrected chi connectivity index (χ2v) is 7.80. The van der Waals surface area contributed by atoms with Crippen LogP contribution >= 0.6 is 11.6 Å². The van der Waals surface area contributed by atoms with Crippen LogP contribution in [0.25, 0.3) is 16.5 Å². The number of benzene rings is 2. The molecule has 0 fully saturated rings. The summed E-state index contributed by atoms with van der Waals surface area (Å²) in [5.74, 6) is -0.0727. The lowest BCUT2D eigenvalue weighted by Gasteiger charge is -2.14. The highest BCUT2D eigenvalue weighted by Crippen LogP contribution is 2.22. The van der Waals surface area contributed by atoms with Crippen LogP contribution in [0.5, 0.6) is 0 Å². The molecule has 4 aromatic rings. The molecule has 2 aromatic heterocycles. The summed E-state index contributed by atoms with van der Waals surface area (Å²) in [6.07, 6.45) is 2.10. The van der Waals surface area contributed by atoms with Gasteiger partial charge in [-0.3, -0.25) is 14.2 Å². The fourth-order valence-corrected chi connectivity index (χ4v) is 3.57. The third-order valence-electron chi connectivity index (χ3n) is 4.92. The number of halogens is 1. The number of nitrogen functional groups attached to an aromatic ring is 2. The Labute approximate surface area is 196 Å². The summed E-state index contributed by atoms with van der Waals surface area (Å²) >= 11 is 6.20. The lowest BCUT2D eigenvalue weighted by molar-refractivity contribution is 0.0828. The Morgan fingerprint density at radius 1 is 1.09 bits per heavy atom. The average molecular weight is 465 g/mol. The van der Waals surface area contributed by atoms with Gasteiger partial charge < -0.3 is 16.4 Å². The van der Waals surface area contributed by atoms with E-state index in [1.54, 1.807) is 24.7 Å². The SMILES string of the molecule is CCc1cc2cccc(Cl)c2c(=O)n1-c1ccccc1.CN(C)C(=O)c1cnc(N)nc1N. The molecule has 0 saturated carbocycles. The molecule has 4 rings (SSSR count). The maximum absolute atomic E-state index is 12.8. The predicted molar refractivity (Wildman–Crippen MR) is 133 cm³/mol. The van der Waals surface area contributed by atoms with Crippen LogP contribution in [-0.4, -0.2) is 39.4 Å². The van der Waals surface area contributed by atoms with Crippen LogP contribution in [0.15, 0.2) is 65.6 Å². The molecule has 170 valence electrons. The van der Waals surface area contributed by atoms with Crippen LogP contribution in [0, 0.1) is 0 Å². The van der Waals surface area contributed by atoms with Crippen LogP contribution in [0.2, 0.25) is 5.02 Å². The number of nitrogens with two attached hydrogens (primary N) is 2. The van der Waals surface area contributed by atoms with E-state index in [1.165, 1.54) is 11.1 Å². The fraction of sp³-hybridized carbons (Fsp3) is 0.167. The Bertz CT molecular complexity index is 1350. The molecular formula is C24H25ClN6O2. The summed E-state index contributed by atoms with van der Waals surface area (Å²) in [5.41, 5.74) is 12.8. The van der Waals surface area contributed by atoms with Crippen LogP contribution in [0.1, 0.15) is 23.0 Å². The summed E-state index contributed by atoms with van der Waals surface area (Å²) in [7, 11) is 3.25. The minimum atomic E-state index is -0.238. The van der Waals surface area contributed by atoms with Crippen molar-refractivity contribution < 1.29 is 4.79 Å². The molecule has 0 saturated heterocycles. The van der Waals surface area contributed by atoms with Gasteiger partial charge in [-0.1, -0.05) is 48.9 Å². The first-order valence-electron chi connectivity index (χ1n) is 10.2. The summed E-state index contributed by atoms with van der Waals surface area (Å²) in [6.45, 7) is 2.05. The van der Waals surface area contributed by atoms with Crippen molar-refractivity contribution in [3.05, 3.63) is 87.4 Å². The number of para-hydroxylation sites is 1. The number of carbonyl (C=O) groups excluding carboxylic acids is 1. The zero-order chi connectivity index (χ0) is 24.1. The standard InChI is InChI=1S/C17H14ClNO.C7H11N5O/c1-2-13-11-12-7-6-10-15(18)16(12)17(20)19(13)14-8-4-3-5-9-14;1-12(2)6(13)4-3-10-7(9)11-5(4)8/h3-11H,2H2,1H3;3H,1-2H3,(H4,8,9,10,11). The Morgan fingerprint density at radius 2 is 1.79 bits per heavy atom. The van der Waals surface area contributed by atoms with Crippen molar-refractivity contribution in [1.82, 2.24) is 19.4 Å². The third kappa shape index (κ3) is 5.12. The second-order valence-electron chi connectivity index (χ2n) is 7.40. The predicted octanol–water partition coefficient (Wildman–Crippen LogP) is 3.55. The van der Waals surface area contributed by atoms with Crippen molar-refractivity contribution in [3.8, 4) is 5.69 Å². The first-order valence-corrected chi connectivity index (χ1v) is 10.6. The van der Waals surface area contributed by atoms with E-state index in [0.29, 0.717) is 10.4 Å². The zero-order valence-corrected chi connectivity index (χ0v) is 19.4. The summed E-state index contributed by atoms with van der Waals surface area (Å²) < 4.78 is 1.74. The van der Waals surface area contributed by atoms with Crippen LogP contribution in [0.4, 0.5) is 11.8 Å². The normalized spacial score (nSPS) is 10.4. The Kier molecular flexibility index (Phi) is 7.30. The Balaban J connectivity index is 0.000000205. The van der Waals surface area contributed by atoms with E-state index in [-0.39, 0.29) is 28.8 Å². The molecule has 0 bridgehead atoms. The van der Waals surface area contributed by atoms with E-state index in [9.17, 15) is 9.59 Å². The summed E-state index contributed by atoms with van der Waals surface area (Å²) in [6, 6.07) is 17.3. The number of rotatable bonds is 3. The number of nitrogens with zero attached hydrogens (tertiary/aromatic N) is 4. The molecule has 33 heavy (non-hydrogen) atoms. The molecule has 9 heteroatoms. The minimum absolute atomic E-state index is 0.0591. The van der Waals surface area contributed by atoms with Crippen molar-refractivity contribution in [1.29, 1.82) is 0 Å². The van der Waals surface area contributed by atoms with Crippen molar-refractivity contribution in [3.63, 3.8) is 0 Å². The minimum Gasteiger partial charge on any atom is -0.383 e. The number of amides is 1. The smallest absolute Gasteiger partial charge is 0.264 e. The molecule has 2 aromatic carbocycles. The van der Waals surface area contributed by atoms with Gasteiger partial charge in [-0.15, -0.1) is 0 Å². The van der Waals surface area contributed by atoms with Crippen molar-refractivity contribution in [2.75, 3.05) is 25.6 Å². The first-order chi connectivity index (χ1) is 15.7. The number of carbonyl (C=O) groups is 1. The molecular weight excluding hydrogens is 440 g/mol. The van der Waals surface area contributed by atoms with Crippen molar-refractivity contribution >= 4 is 40.0 Å². The largest absolute Gasteiger partial charge is 0.383 e. The van der Waals surface area contributed by atoms with E-state index < -0.39 is 0 Å². The van der Waals surface area contributed by atoms with Gasteiger partial charge in [-0.25, -0.2) is 4.98 Å². The Hall–Kier alpha value is -3.91. The van der Waals surface area contributed by atoms with E-state index in [4.69, 9.17) is 23.1 Å². The van der Waals surface area contributed by atoms with Crippen molar-refractivity contribution in [2.24, 2.45) is 0 Å². The summed E-state index contributed by atoms with van der Waals surface area (Å²) in [5, 5.41) is 1.97. The second kappa shape index (κ2) is 10.1. The average Bonchev–Trinajstić information content (AvgIpc) is 2.79. The number of aromatic nitrogens is 3. The third-order valence-corrected chi connectivity index (χ3v) is 5.24. The number of pyridine rings is 1. The van der Waals surface area contributed by atoms with E-state index >= 15 is 0 Å². The molecule has 0 unspecified atom stereocenters. The topological polar surface area (TPSA) is 120 Å². The molecule has 0 spiro atoms. The number of fused-ring (bicyclic) bond motifs is 1. The van der Waals surface area contributed by atoms with Crippen LogP contribution < -0.4 is 17.0 Å². The first kappa shape index (κ1) is 23.7.